The summed E-state index contributed by atoms with van der Waals surface area (Å²) in [6.07, 6.45) is 4.56. The Labute approximate surface area is 199 Å². The van der Waals surface area contributed by atoms with Crippen molar-refractivity contribution in [3.8, 4) is 5.69 Å². The number of carbonyl (C=O) groups is 2. The van der Waals surface area contributed by atoms with Crippen molar-refractivity contribution in [3.63, 3.8) is 0 Å². The molecule has 0 fully saturated rings. The Bertz CT molecular complexity index is 1430. The van der Waals surface area contributed by atoms with Gasteiger partial charge in [0, 0.05) is 49.4 Å². The molecule has 0 spiro atoms. The first-order valence-corrected chi connectivity index (χ1v) is 10.4. The molecular formula is C25H20FN5O4. The average molecular weight is 473 g/mol. The van der Waals surface area contributed by atoms with Crippen LogP contribution >= 0.6 is 0 Å². The SMILES string of the molecule is CN(C)c1ccc(C(=O)c2ccccc2C(=O)Nc2ccc(-n3ccnc3)c(F)c2)cc1[N+](=O)[O-]. The maximum atomic E-state index is 14.6. The number of hydrogen-bond donors (Lipinski definition) is 1. The molecule has 10 heteroatoms. The number of anilines is 2. The molecule has 0 aliphatic rings. The molecule has 0 aliphatic carbocycles. The van der Waals surface area contributed by atoms with Crippen molar-refractivity contribution in [1.29, 1.82) is 0 Å². The van der Waals surface area contributed by atoms with E-state index in [4.69, 9.17) is 0 Å². The van der Waals surface area contributed by atoms with E-state index >= 15 is 0 Å². The third kappa shape index (κ3) is 4.76. The van der Waals surface area contributed by atoms with Crippen molar-refractivity contribution in [1.82, 2.24) is 9.55 Å². The molecule has 4 rings (SSSR count). The Morgan fingerprint density at radius 1 is 1.06 bits per heavy atom. The molecule has 0 saturated carbocycles. The highest BCUT2D eigenvalue weighted by molar-refractivity contribution is 6.18. The molecule has 3 aromatic carbocycles. The van der Waals surface area contributed by atoms with Crippen LogP contribution in [0.5, 0.6) is 0 Å². The Kier molecular flexibility index (Phi) is 6.36. The van der Waals surface area contributed by atoms with Gasteiger partial charge in [0.05, 0.1) is 22.5 Å². The van der Waals surface area contributed by atoms with E-state index in [2.05, 4.69) is 10.3 Å². The summed E-state index contributed by atoms with van der Waals surface area (Å²) in [7, 11) is 3.32. The summed E-state index contributed by atoms with van der Waals surface area (Å²) in [5.41, 5.74) is 0.764. The van der Waals surface area contributed by atoms with Gasteiger partial charge in [0.25, 0.3) is 11.6 Å². The second-order valence-corrected chi connectivity index (χ2v) is 7.82. The van der Waals surface area contributed by atoms with Crippen LogP contribution in [0, 0.1) is 15.9 Å². The number of carbonyl (C=O) groups excluding carboxylic acids is 2. The summed E-state index contributed by atoms with van der Waals surface area (Å²) in [6, 6.07) is 14.4. The molecule has 0 unspecified atom stereocenters. The lowest BCUT2D eigenvalue weighted by Gasteiger charge is -2.14. The van der Waals surface area contributed by atoms with Crippen LogP contribution in [0.3, 0.4) is 0 Å². The Balaban J connectivity index is 1.63. The van der Waals surface area contributed by atoms with Gasteiger partial charge in [-0.25, -0.2) is 9.37 Å². The second kappa shape index (κ2) is 9.56. The van der Waals surface area contributed by atoms with Gasteiger partial charge < -0.3 is 14.8 Å². The number of rotatable bonds is 7. The minimum Gasteiger partial charge on any atom is -0.372 e. The number of benzene rings is 3. The number of nitro groups is 1. The molecule has 0 saturated heterocycles. The standard InChI is InChI=1S/C25H20FN5O4/c1-29(2)22-9-7-16(13-23(22)31(34)35)24(32)18-5-3-4-6-19(18)25(33)28-17-8-10-21(20(26)14-17)30-12-11-27-15-30/h3-15H,1-2H3,(H,28,33). The largest absolute Gasteiger partial charge is 0.372 e. The molecule has 35 heavy (non-hydrogen) atoms. The van der Waals surface area contributed by atoms with Crippen molar-refractivity contribution >= 4 is 28.8 Å². The maximum absolute atomic E-state index is 14.6. The van der Waals surface area contributed by atoms with E-state index < -0.39 is 22.4 Å². The van der Waals surface area contributed by atoms with Gasteiger partial charge >= 0.3 is 0 Å². The van der Waals surface area contributed by atoms with Crippen molar-refractivity contribution in [3.05, 3.63) is 112 Å². The molecule has 1 N–H and O–H groups in total. The summed E-state index contributed by atoms with van der Waals surface area (Å²) >= 11 is 0. The topological polar surface area (TPSA) is 110 Å². The molecule has 1 heterocycles. The predicted octanol–water partition coefficient (Wildman–Crippen LogP) is 4.47. The molecule has 176 valence electrons. The molecule has 0 radical (unpaired) electrons. The zero-order valence-electron chi connectivity index (χ0n) is 18.8. The van der Waals surface area contributed by atoms with Gasteiger partial charge in [-0.1, -0.05) is 18.2 Å². The highest BCUT2D eigenvalue weighted by Crippen LogP contribution is 2.29. The van der Waals surface area contributed by atoms with Crippen LogP contribution in [0.15, 0.2) is 79.4 Å². The van der Waals surface area contributed by atoms with E-state index in [-0.39, 0.29) is 33.8 Å². The Morgan fingerprint density at radius 2 is 1.80 bits per heavy atom. The van der Waals surface area contributed by atoms with Gasteiger partial charge in [-0.15, -0.1) is 0 Å². The predicted molar refractivity (Wildman–Crippen MR) is 129 cm³/mol. The third-order valence-electron chi connectivity index (χ3n) is 5.32. The number of nitrogens with zero attached hydrogens (tertiary/aromatic N) is 4. The summed E-state index contributed by atoms with van der Waals surface area (Å²) in [5.74, 6) is -1.74. The number of aromatic nitrogens is 2. The molecule has 0 bridgehead atoms. The van der Waals surface area contributed by atoms with Crippen LogP contribution in [0.25, 0.3) is 5.69 Å². The molecule has 0 aliphatic heterocycles. The summed E-state index contributed by atoms with van der Waals surface area (Å²) in [5, 5.41) is 14.1. The van der Waals surface area contributed by atoms with Crippen LogP contribution in [-0.4, -0.2) is 40.3 Å². The number of hydrogen-bond acceptors (Lipinski definition) is 6. The molecule has 4 aromatic rings. The van der Waals surface area contributed by atoms with E-state index in [1.807, 2.05) is 0 Å². The number of nitro benzene ring substituents is 1. The summed E-state index contributed by atoms with van der Waals surface area (Å²) in [6.45, 7) is 0. The van der Waals surface area contributed by atoms with E-state index in [1.54, 1.807) is 37.3 Å². The quantitative estimate of drug-likeness (QED) is 0.241. The lowest BCUT2D eigenvalue weighted by atomic mass is 9.97. The smallest absolute Gasteiger partial charge is 0.293 e. The number of halogens is 1. The van der Waals surface area contributed by atoms with Crippen LogP contribution in [-0.2, 0) is 0 Å². The molecule has 0 atom stereocenters. The molecular weight excluding hydrogens is 453 g/mol. The van der Waals surface area contributed by atoms with Gasteiger partial charge in [-0.05, 0) is 36.4 Å². The third-order valence-corrected chi connectivity index (χ3v) is 5.32. The first kappa shape index (κ1) is 23.3. The second-order valence-electron chi connectivity index (χ2n) is 7.82. The zero-order valence-corrected chi connectivity index (χ0v) is 18.8. The fraction of sp³-hybridized carbons (Fsp3) is 0.0800. The highest BCUT2D eigenvalue weighted by Gasteiger charge is 2.23. The van der Waals surface area contributed by atoms with E-state index in [0.29, 0.717) is 5.69 Å². The number of nitrogens with one attached hydrogen (secondary N) is 1. The van der Waals surface area contributed by atoms with Gasteiger partial charge in [-0.3, -0.25) is 19.7 Å². The van der Waals surface area contributed by atoms with Gasteiger partial charge in [0.2, 0.25) is 0 Å². The minimum absolute atomic E-state index is 0.0518. The van der Waals surface area contributed by atoms with Gasteiger partial charge in [-0.2, -0.15) is 0 Å². The van der Waals surface area contributed by atoms with Crippen LogP contribution in [0.2, 0.25) is 0 Å². The van der Waals surface area contributed by atoms with Crippen molar-refractivity contribution < 1.29 is 18.9 Å². The molecule has 9 nitrogen and oxygen atoms in total. The molecule has 1 aromatic heterocycles. The van der Waals surface area contributed by atoms with Crippen LogP contribution in [0.4, 0.5) is 21.5 Å². The summed E-state index contributed by atoms with van der Waals surface area (Å²) in [4.78, 5) is 42.6. The average Bonchev–Trinajstić information content (AvgIpc) is 3.38. The van der Waals surface area contributed by atoms with Crippen molar-refractivity contribution in [2.75, 3.05) is 24.3 Å². The van der Waals surface area contributed by atoms with Gasteiger partial charge in [0.15, 0.2) is 5.78 Å². The van der Waals surface area contributed by atoms with E-state index in [9.17, 15) is 24.1 Å². The fourth-order valence-electron chi connectivity index (χ4n) is 3.62. The van der Waals surface area contributed by atoms with Crippen LogP contribution in [0.1, 0.15) is 26.3 Å². The number of amides is 1. The van der Waals surface area contributed by atoms with E-state index in [0.717, 1.165) is 0 Å². The fourth-order valence-corrected chi connectivity index (χ4v) is 3.62. The Morgan fingerprint density at radius 3 is 2.43 bits per heavy atom. The monoisotopic (exact) mass is 473 g/mol. The normalized spacial score (nSPS) is 10.6. The van der Waals surface area contributed by atoms with Crippen molar-refractivity contribution in [2.45, 2.75) is 0 Å². The minimum atomic E-state index is -0.622. The maximum Gasteiger partial charge on any atom is 0.293 e. The molecule has 1 amide bonds. The lowest BCUT2D eigenvalue weighted by Crippen LogP contribution is -2.17. The van der Waals surface area contributed by atoms with Gasteiger partial charge in [0.1, 0.15) is 11.5 Å². The highest BCUT2D eigenvalue weighted by atomic mass is 19.1. The number of imidazole rings is 1. The first-order valence-electron chi connectivity index (χ1n) is 10.4. The lowest BCUT2D eigenvalue weighted by molar-refractivity contribution is -0.384. The van der Waals surface area contributed by atoms with Crippen LogP contribution < -0.4 is 10.2 Å². The van der Waals surface area contributed by atoms with Crippen molar-refractivity contribution in [2.24, 2.45) is 0 Å². The number of ketones is 1. The first-order chi connectivity index (χ1) is 16.8. The Hall–Kier alpha value is -4.86. The zero-order chi connectivity index (χ0) is 25.1. The summed E-state index contributed by atoms with van der Waals surface area (Å²) < 4.78 is 16.1. The van der Waals surface area contributed by atoms with E-state index in [1.165, 1.54) is 65.6 Å².